The number of para-hydroxylation sites is 2. The Morgan fingerprint density at radius 1 is 0.891 bits per heavy atom. The predicted molar refractivity (Wildman–Crippen MR) is 184 cm³/mol. The number of ether oxygens (including phenoxy) is 1. The number of halogens is 1. The third kappa shape index (κ3) is 9.98. The fourth-order valence-corrected chi connectivity index (χ4v) is 5.56. The highest BCUT2D eigenvalue weighted by Crippen LogP contribution is 2.36. The molecule has 0 saturated carbocycles. The van der Waals surface area contributed by atoms with Crippen LogP contribution < -0.4 is 10.6 Å². The van der Waals surface area contributed by atoms with Gasteiger partial charge in [-0.25, -0.2) is 4.79 Å². The largest absolute Gasteiger partial charge is 0.507 e. The maximum absolute atomic E-state index is 14.9. The zero-order chi connectivity index (χ0) is 34.2. The third-order valence-corrected chi connectivity index (χ3v) is 8.04. The van der Waals surface area contributed by atoms with Crippen molar-refractivity contribution in [1.29, 1.82) is 0 Å². The molecule has 0 saturated heterocycles. The molecule has 0 spiro atoms. The smallest absolute Gasteiger partial charge is 0.408 e. The van der Waals surface area contributed by atoms with Crippen molar-refractivity contribution in [1.82, 2.24) is 10.2 Å². The molecular formula is C37H48ClN3O5. The number of hydrogen-bond donors (Lipinski definition) is 3. The van der Waals surface area contributed by atoms with Gasteiger partial charge in [-0.15, -0.1) is 0 Å². The van der Waals surface area contributed by atoms with E-state index in [1.807, 2.05) is 50.2 Å². The first-order valence-electron chi connectivity index (χ1n) is 15.8. The minimum Gasteiger partial charge on any atom is -0.507 e. The lowest BCUT2D eigenvalue weighted by Crippen LogP contribution is -2.55. The highest BCUT2D eigenvalue weighted by Gasteiger charge is 2.40. The van der Waals surface area contributed by atoms with Gasteiger partial charge in [0.1, 0.15) is 23.4 Å². The Balaban J connectivity index is 2.20. The van der Waals surface area contributed by atoms with Gasteiger partial charge in [0.05, 0.1) is 10.7 Å². The summed E-state index contributed by atoms with van der Waals surface area (Å²) in [6.07, 6.45) is 0.771. The van der Waals surface area contributed by atoms with E-state index >= 15 is 0 Å². The molecule has 3 amide bonds. The van der Waals surface area contributed by atoms with Crippen molar-refractivity contribution in [2.24, 2.45) is 5.92 Å². The fourth-order valence-electron chi connectivity index (χ4n) is 5.29. The van der Waals surface area contributed by atoms with Crippen LogP contribution in [-0.4, -0.2) is 45.6 Å². The summed E-state index contributed by atoms with van der Waals surface area (Å²) in [5, 5.41) is 17.4. The second-order valence-corrected chi connectivity index (χ2v) is 13.7. The van der Waals surface area contributed by atoms with Crippen LogP contribution >= 0.6 is 11.6 Å². The lowest BCUT2D eigenvalue weighted by atomic mass is 9.94. The highest BCUT2D eigenvalue weighted by molar-refractivity contribution is 6.34. The molecule has 0 bridgehead atoms. The standard InChI is InChI=1S/C37H48ClN3O5/c1-23(2)20-21-26(5)41(35(44)30(22-27-16-10-9-11-17-27)39-36(45)46-37(6,7)8)32(28-18-12-15-25(4)33(28)42)34(43)40-31-24(3)14-13-19-29(31)38/h9-19,23,26,30,32,42H,20-22H2,1-8H3,(H,39,45)(H,40,43). The molecule has 3 N–H and O–H groups in total. The normalized spacial score (nSPS) is 13.4. The molecule has 3 aromatic rings. The van der Waals surface area contributed by atoms with Crippen molar-refractivity contribution >= 4 is 35.2 Å². The van der Waals surface area contributed by atoms with Crippen LogP contribution in [0.1, 0.15) is 82.7 Å². The molecule has 0 radical (unpaired) electrons. The van der Waals surface area contributed by atoms with Crippen molar-refractivity contribution < 1.29 is 24.2 Å². The second-order valence-electron chi connectivity index (χ2n) is 13.3. The molecule has 3 unspecified atom stereocenters. The number of phenols is 1. The van der Waals surface area contributed by atoms with E-state index in [0.717, 1.165) is 17.5 Å². The molecule has 0 aliphatic rings. The summed E-state index contributed by atoms with van der Waals surface area (Å²) in [5.41, 5.74) is 2.00. The van der Waals surface area contributed by atoms with Gasteiger partial charge in [-0.3, -0.25) is 9.59 Å². The van der Waals surface area contributed by atoms with Crippen molar-refractivity contribution in [3.05, 3.63) is 94.0 Å². The molecule has 0 fully saturated rings. The first-order chi connectivity index (χ1) is 21.6. The SMILES string of the molecule is Cc1cccc(C(C(=O)Nc2c(C)cccc2Cl)N(C(=O)C(Cc2ccccc2)NC(=O)OC(C)(C)C)C(C)CCC(C)C)c1O. The molecule has 248 valence electrons. The number of hydrogen-bond acceptors (Lipinski definition) is 5. The number of alkyl carbamates (subject to hydrolysis) is 1. The van der Waals surface area contributed by atoms with Crippen LogP contribution in [0, 0.1) is 19.8 Å². The average molecular weight is 650 g/mol. The molecule has 8 nitrogen and oxygen atoms in total. The first-order valence-corrected chi connectivity index (χ1v) is 16.2. The Bertz CT molecular complexity index is 1480. The topological polar surface area (TPSA) is 108 Å². The summed E-state index contributed by atoms with van der Waals surface area (Å²) in [6.45, 7) is 14.9. The number of rotatable bonds is 12. The van der Waals surface area contributed by atoms with Gasteiger partial charge in [0.2, 0.25) is 5.91 Å². The Labute approximate surface area is 278 Å². The monoisotopic (exact) mass is 649 g/mol. The quantitative estimate of drug-likeness (QED) is 0.184. The molecule has 0 aliphatic carbocycles. The zero-order valence-corrected chi connectivity index (χ0v) is 28.9. The van der Waals surface area contributed by atoms with Crippen LogP contribution in [0.2, 0.25) is 5.02 Å². The van der Waals surface area contributed by atoms with Gasteiger partial charge in [-0.2, -0.15) is 0 Å². The van der Waals surface area contributed by atoms with Gasteiger partial charge < -0.3 is 25.4 Å². The van der Waals surface area contributed by atoms with E-state index in [9.17, 15) is 19.5 Å². The van der Waals surface area contributed by atoms with E-state index in [0.29, 0.717) is 28.6 Å². The lowest BCUT2D eigenvalue weighted by Gasteiger charge is -2.39. The van der Waals surface area contributed by atoms with Crippen LogP contribution in [-0.2, 0) is 20.7 Å². The molecule has 3 atom stereocenters. The lowest BCUT2D eigenvalue weighted by molar-refractivity contribution is -0.143. The summed E-state index contributed by atoms with van der Waals surface area (Å²) >= 11 is 6.51. The number of amides is 3. The third-order valence-electron chi connectivity index (χ3n) is 7.72. The van der Waals surface area contributed by atoms with Gasteiger partial charge in [-0.05, 0) is 83.1 Å². The van der Waals surface area contributed by atoms with E-state index in [-0.39, 0.29) is 17.7 Å². The number of benzene rings is 3. The Morgan fingerprint density at radius 3 is 2.13 bits per heavy atom. The van der Waals surface area contributed by atoms with Gasteiger partial charge in [0.15, 0.2) is 0 Å². The van der Waals surface area contributed by atoms with Gasteiger partial charge in [0, 0.05) is 18.0 Å². The molecule has 3 rings (SSSR count). The minimum atomic E-state index is -1.26. The number of anilines is 1. The Morgan fingerprint density at radius 2 is 1.52 bits per heavy atom. The fraction of sp³-hybridized carbons (Fsp3) is 0.432. The van der Waals surface area contributed by atoms with Crippen LogP contribution in [0.25, 0.3) is 0 Å². The minimum absolute atomic E-state index is 0.0906. The maximum atomic E-state index is 14.9. The van der Waals surface area contributed by atoms with Crippen LogP contribution in [0.3, 0.4) is 0 Å². The summed E-state index contributed by atoms with van der Waals surface area (Å²) in [4.78, 5) is 44.0. The van der Waals surface area contributed by atoms with Crippen LogP contribution in [0.15, 0.2) is 66.7 Å². The molecule has 0 aromatic heterocycles. The Hall–Kier alpha value is -4.04. The maximum Gasteiger partial charge on any atom is 0.408 e. The summed E-state index contributed by atoms with van der Waals surface area (Å²) in [5.74, 6) is -0.780. The number of carbonyl (C=O) groups excluding carboxylic acids is 3. The first kappa shape index (κ1) is 36.4. The average Bonchev–Trinajstić information content (AvgIpc) is 2.97. The van der Waals surface area contributed by atoms with Gasteiger partial charge in [0.25, 0.3) is 5.91 Å². The van der Waals surface area contributed by atoms with Crippen LogP contribution in [0.4, 0.5) is 10.5 Å². The molecular weight excluding hydrogens is 602 g/mol. The van der Waals surface area contributed by atoms with E-state index in [1.165, 1.54) is 4.90 Å². The summed E-state index contributed by atoms with van der Waals surface area (Å²) in [7, 11) is 0. The molecule has 9 heteroatoms. The predicted octanol–water partition coefficient (Wildman–Crippen LogP) is 8.13. The van der Waals surface area contributed by atoms with E-state index in [4.69, 9.17) is 16.3 Å². The summed E-state index contributed by atoms with van der Waals surface area (Å²) in [6, 6.07) is 17.0. The van der Waals surface area contributed by atoms with Crippen molar-refractivity contribution in [2.45, 2.75) is 98.4 Å². The molecule has 0 aliphatic heterocycles. The van der Waals surface area contributed by atoms with Crippen LogP contribution in [0.5, 0.6) is 5.75 Å². The van der Waals surface area contributed by atoms with Gasteiger partial charge in [-0.1, -0.05) is 86.1 Å². The Kier molecular flexibility index (Phi) is 12.7. The number of phenolic OH excluding ortho intramolecular Hbond substituents is 1. The number of aryl methyl sites for hydroxylation is 2. The second kappa shape index (κ2) is 16.0. The number of aromatic hydroxyl groups is 1. The van der Waals surface area contributed by atoms with Crippen molar-refractivity contribution in [3.63, 3.8) is 0 Å². The number of carbonyl (C=O) groups is 3. The van der Waals surface area contributed by atoms with E-state index in [2.05, 4.69) is 24.5 Å². The molecule has 46 heavy (non-hydrogen) atoms. The van der Waals surface area contributed by atoms with Crippen molar-refractivity contribution in [3.8, 4) is 5.75 Å². The number of nitrogens with one attached hydrogen (secondary N) is 2. The van der Waals surface area contributed by atoms with Crippen molar-refractivity contribution in [2.75, 3.05) is 5.32 Å². The molecule has 0 heterocycles. The van der Waals surface area contributed by atoms with Gasteiger partial charge >= 0.3 is 6.09 Å². The summed E-state index contributed by atoms with van der Waals surface area (Å²) < 4.78 is 5.55. The van der Waals surface area contributed by atoms with E-state index in [1.54, 1.807) is 58.0 Å². The van der Waals surface area contributed by atoms with E-state index < -0.39 is 41.6 Å². The highest BCUT2D eigenvalue weighted by atomic mass is 35.5. The zero-order valence-electron chi connectivity index (χ0n) is 28.2. The number of nitrogens with zero attached hydrogens (tertiary/aromatic N) is 1. The molecule has 3 aromatic carbocycles.